The number of rotatable bonds is 4. The summed E-state index contributed by atoms with van der Waals surface area (Å²) in [5.41, 5.74) is 0. The van der Waals surface area contributed by atoms with E-state index >= 15 is 0 Å². The van der Waals surface area contributed by atoms with Crippen molar-refractivity contribution in [2.24, 2.45) is 0 Å². The summed E-state index contributed by atoms with van der Waals surface area (Å²) in [6.45, 7) is 6.25. The van der Waals surface area contributed by atoms with Crippen LogP contribution < -0.4 is 0 Å². The van der Waals surface area contributed by atoms with Crippen LogP contribution in [0.25, 0.3) is 0 Å². The molecule has 0 aliphatic heterocycles. The molecule has 0 saturated carbocycles. The molecule has 0 heterocycles. The largest absolute Gasteiger partial charge is 0.502 e. The Morgan fingerprint density at radius 3 is 2.88 bits per heavy atom. The molecule has 0 aliphatic carbocycles. The first-order chi connectivity index (χ1) is 3.91. The maximum Gasteiger partial charge on any atom is 0.0845 e. The molecule has 0 atom stereocenters. The van der Waals surface area contributed by atoms with E-state index in [2.05, 4.69) is 6.58 Å². The Morgan fingerprint density at radius 2 is 2.38 bits per heavy atom. The molecule has 1 heteroatoms. The van der Waals surface area contributed by atoms with E-state index in [9.17, 15) is 0 Å². The third-order valence-corrected chi connectivity index (χ3v) is 0.662. The number of hydrogen-bond acceptors (Lipinski definition) is 1. The van der Waals surface area contributed by atoms with Crippen LogP contribution in [0, 0.1) is 0 Å². The van der Waals surface area contributed by atoms with Gasteiger partial charge in [-0.05, 0) is 19.4 Å². The minimum atomic E-state index is 0.744. The summed E-state index contributed by atoms with van der Waals surface area (Å²) in [4.78, 5) is 0. The maximum atomic E-state index is 4.91. The van der Waals surface area contributed by atoms with Gasteiger partial charge in [-0.3, -0.25) is 0 Å². The maximum absolute atomic E-state index is 4.91. The minimum Gasteiger partial charge on any atom is -0.502 e. The number of allylic oxidation sites excluding steroid dienone is 2. The Labute approximate surface area is 50.7 Å². The van der Waals surface area contributed by atoms with Gasteiger partial charge in [-0.1, -0.05) is 6.08 Å². The van der Waals surface area contributed by atoms with Crippen molar-refractivity contribution >= 4 is 0 Å². The molecule has 0 aromatic heterocycles. The fourth-order valence-electron chi connectivity index (χ4n) is 0.316. The molecular formula is C7H12O. The van der Waals surface area contributed by atoms with E-state index in [0.717, 1.165) is 13.0 Å². The van der Waals surface area contributed by atoms with Gasteiger partial charge in [0.1, 0.15) is 0 Å². The molecule has 0 amide bonds. The normalized spacial score (nSPS) is 9.62. The van der Waals surface area contributed by atoms with Gasteiger partial charge >= 0.3 is 0 Å². The molecule has 0 fully saturated rings. The topological polar surface area (TPSA) is 9.23 Å². The highest BCUT2D eigenvalue weighted by molar-refractivity contribution is 4.83. The second-order valence-corrected chi connectivity index (χ2v) is 1.35. The van der Waals surface area contributed by atoms with Crippen molar-refractivity contribution in [1.82, 2.24) is 0 Å². The molecule has 0 aromatic rings. The van der Waals surface area contributed by atoms with E-state index in [-0.39, 0.29) is 0 Å². The first kappa shape index (κ1) is 7.28. The van der Waals surface area contributed by atoms with Crippen LogP contribution in [0.1, 0.15) is 13.3 Å². The van der Waals surface area contributed by atoms with Gasteiger partial charge in [-0.25, -0.2) is 0 Å². The molecule has 8 heavy (non-hydrogen) atoms. The lowest BCUT2D eigenvalue weighted by molar-refractivity contribution is 0.268. The molecule has 0 aromatic carbocycles. The van der Waals surface area contributed by atoms with Gasteiger partial charge in [-0.15, -0.1) is 6.58 Å². The molecule has 0 bridgehead atoms. The average molecular weight is 112 g/mol. The van der Waals surface area contributed by atoms with Crippen molar-refractivity contribution < 1.29 is 4.74 Å². The van der Waals surface area contributed by atoms with Gasteiger partial charge in [0, 0.05) is 0 Å². The average Bonchev–Trinajstić information content (AvgIpc) is 1.81. The Morgan fingerprint density at radius 1 is 1.62 bits per heavy atom. The Balaban J connectivity index is 2.94. The summed E-state index contributed by atoms with van der Waals surface area (Å²) in [6, 6.07) is 0. The molecule has 0 rings (SSSR count). The van der Waals surface area contributed by atoms with E-state index in [0.29, 0.717) is 0 Å². The molecule has 0 spiro atoms. The Kier molecular flexibility index (Phi) is 5.71. The molecule has 0 unspecified atom stereocenters. The minimum absolute atomic E-state index is 0.744. The summed E-state index contributed by atoms with van der Waals surface area (Å²) >= 11 is 0. The lowest BCUT2D eigenvalue weighted by Gasteiger charge is -1.88. The molecule has 0 radical (unpaired) electrons. The van der Waals surface area contributed by atoms with Crippen LogP contribution >= 0.6 is 0 Å². The van der Waals surface area contributed by atoms with Gasteiger partial charge in [-0.2, -0.15) is 0 Å². The van der Waals surface area contributed by atoms with Crippen LogP contribution in [-0.2, 0) is 4.74 Å². The highest BCUT2D eigenvalue weighted by Gasteiger charge is 1.67. The second-order valence-electron chi connectivity index (χ2n) is 1.35. The van der Waals surface area contributed by atoms with Gasteiger partial charge in [0.25, 0.3) is 0 Å². The smallest absolute Gasteiger partial charge is 0.0845 e. The van der Waals surface area contributed by atoms with Crippen molar-refractivity contribution in [2.45, 2.75) is 13.3 Å². The number of ether oxygens (including phenoxy) is 1. The zero-order valence-electron chi connectivity index (χ0n) is 5.26. The van der Waals surface area contributed by atoms with Crippen molar-refractivity contribution in [3.05, 3.63) is 25.0 Å². The van der Waals surface area contributed by atoms with Crippen molar-refractivity contribution in [3.8, 4) is 0 Å². The zero-order chi connectivity index (χ0) is 6.24. The highest BCUT2D eigenvalue weighted by Crippen LogP contribution is 1.82. The van der Waals surface area contributed by atoms with Gasteiger partial charge in [0.2, 0.25) is 0 Å². The van der Waals surface area contributed by atoms with Gasteiger partial charge < -0.3 is 4.74 Å². The Hall–Kier alpha value is -0.720. The van der Waals surface area contributed by atoms with E-state index in [1.54, 1.807) is 6.26 Å². The van der Waals surface area contributed by atoms with Crippen LogP contribution in [-0.4, -0.2) is 6.61 Å². The van der Waals surface area contributed by atoms with Crippen LogP contribution in [0.4, 0.5) is 0 Å². The fourth-order valence-corrected chi connectivity index (χ4v) is 0.316. The van der Waals surface area contributed by atoms with Gasteiger partial charge in [0.05, 0.1) is 12.9 Å². The lowest BCUT2D eigenvalue weighted by atomic mass is 10.4. The standard InChI is InChI=1S/C7H12O/c1-3-5-6-7-8-4-2/h3,6-7H,1,4-5H2,2H3/b7-6+. The molecular weight excluding hydrogens is 100 g/mol. The summed E-state index contributed by atoms with van der Waals surface area (Å²) < 4.78 is 4.91. The second kappa shape index (κ2) is 6.28. The van der Waals surface area contributed by atoms with Crippen LogP contribution in [0.5, 0.6) is 0 Å². The molecule has 46 valence electrons. The van der Waals surface area contributed by atoms with Gasteiger partial charge in [0.15, 0.2) is 0 Å². The quantitative estimate of drug-likeness (QED) is 0.400. The molecule has 0 N–H and O–H groups in total. The van der Waals surface area contributed by atoms with E-state index in [4.69, 9.17) is 4.74 Å². The third-order valence-electron chi connectivity index (χ3n) is 0.662. The summed E-state index contributed by atoms with van der Waals surface area (Å²) in [6.07, 6.45) is 6.34. The van der Waals surface area contributed by atoms with E-state index in [1.807, 2.05) is 19.1 Å². The highest BCUT2D eigenvalue weighted by atomic mass is 16.5. The summed E-state index contributed by atoms with van der Waals surface area (Å²) in [5.74, 6) is 0. The van der Waals surface area contributed by atoms with Crippen LogP contribution in [0.3, 0.4) is 0 Å². The van der Waals surface area contributed by atoms with E-state index < -0.39 is 0 Å². The SMILES string of the molecule is C=CC/C=C/OCC. The fraction of sp³-hybridized carbons (Fsp3) is 0.429. The van der Waals surface area contributed by atoms with Crippen LogP contribution in [0.15, 0.2) is 25.0 Å². The predicted molar refractivity (Wildman–Crippen MR) is 35.6 cm³/mol. The van der Waals surface area contributed by atoms with Crippen LogP contribution in [0.2, 0.25) is 0 Å². The summed E-state index contributed by atoms with van der Waals surface area (Å²) in [5, 5.41) is 0. The summed E-state index contributed by atoms with van der Waals surface area (Å²) in [7, 11) is 0. The van der Waals surface area contributed by atoms with Crippen molar-refractivity contribution in [1.29, 1.82) is 0 Å². The lowest BCUT2D eigenvalue weighted by Crippen LogP contribution is -1.74. The zero-order valence-corrected chi connectivity index (χ0v) is 5.26. The molecule has 0 saturated heterocycles. The number of hydrogen-bond donors (Lipinski definition) is 0. The predicted octanol–water partition coefficient (Wildman–Crippen LogP) is 2.11. The first-order valence-electron chi connectivity index (χ1n) is 2.79. The molecule has 0 aliphatic rings. The first-order valence-corrected chi connectivity index (χ1v) is 2.79. The van der Waals surface area contributed by atoms with E-state index in [1.165, 1.54) is 0 Å². The third kappa shape index (κ3) is 5.28. The Bertz CT molecular complexity index is 74.5. The molecule has 1 nitrogen and oxygen atoms in total. The van der Waals surface area contributed by atoms with Crippen molar-refractivity contribution in [2.75, 3.05) is 6.61 Å². The van der Waals surface area contributed by atoms with Crippen molar-refractivity contribution in [3.63, 3.8) is 0 Å². The monoisotopic (exact) mass is 112 g/mol.